The molecule has 0 aromatic heterocycles. The predicted octanol–water partition coefficient (Wildman–Crippen LogP) is 9.51. The topological polar surface area (TPSA) is 164 Å². The summed E-state index contributed by atoms with van der Waals surface area (Å²) in [7, 11) is -6.14. The van der Waals surface area contributed by atoms with Gasteiger partial charge in [-0.3, -0.25) is 28.2 Å². The minimum absolute atomic E-state index is 0.0676. The van der Waals surface area contributed by atoms with Crippen molar-refractivity contribution in [1.82, 2.24) is 5.32 Å². The molecule has 0 rings (SSSR count). The molecule has 14 heteroatoms. The third kappa shape index (κ3) is 36.9. The summed E-state index contributed by atoms with van der Waals surface area (Å²) in [5, 5.41) is 2.51. The first-order chi connectivity index (χ1) is 25.3. The summed E-state index contributed by atoms with van der Waals surface area (Å²) in [5.41, 5.74) is 0. The van der Waals surface area contributed by atoms with Crippen molar-refractivity contribution in [2.45, 2.75) is 194 Å². The quantitative estimate of drug-likeness (QED) is 0.0202. The summed E-state index contributed by atoms with van der Waals surface area (Å²) in [6, 6.07) is 0. The van der Waals surface area contributed by atoms with Crippen LogP contribution in [0.15, 0.2) is 0 Å². The Bertz CT molecular complexity index is 1010. The molecule has 0 fully saturated rings. The summed E-state index contributed by atoms with van der Waals surface area (Å²) in [6.45, 7) is 9.37. The van der Waals surface area contributed by atoms with Gasteiger partial charge >= 0.3 is 25.7 Å². The molecule has 53 heavy (non-hydrogen) atoms. The summed E-state index contributed by atoms with van der Waals surface area (Å²) >= 11 is 0. The zero-order valence-corrected chi connectivity index (χ0v) is 36.0. The normalized spacial score (nSPS) is 13.2. The molecule has 0 spiro atoms. The van der Waals surface area contributed by atoms with E-state index in [1.54, 1.807) is 0 Å². The third-order valence-corrected chi connectivity index (χ3v) is 10.5. The minimum Gasteiger partial charge on any atom is -0.469 e. The lowest BCUT2D eigenvalue weighted by molar-refractivity contribution is -0.161. The summed E-state index contributed by atoms with van der Waals surface area (Å²) in [5.74, 6) is -1.80. The van der Waals surface area contributed by atoms with E-state index in [0.29, 0.717) is 19.1 Å². The molecule has 2 N–H and O–H groups in total. The van der Waals surface area contributed by atoms with Crippen molar-refractivity contribution in [3.63, 3.8) is 0 Å². The van der Waals surface area contributed by atoms with Gasteiger partial charge in [-0.05, 0) is 12.8 Å². The van der Waals surface area contributed by atoms with Crippen molar-refractivity contribution >= 4 is 39.7 Å². The van der Waals surface area contributed by atoms with Gasteiger partial charge in [-0.25, -0.2) is 4.57 Å². The van der Waals surface area contributed by atoms with Crippen LogP contribution in [-0.4, -0.2) is 75.5 Å². The minimum atomic E-state index is -4.59. The van der Waals surface area contributed by atoms with Crippen molar-refractivity contribution in [2.24, 2.45) is 0 Å². The molecule has 0 aliphatic carbocycles. The second-order valence-corrected chi connectivity index (χ2v) is 22.2. The van der Waals surface area contributed by atoms with Crippen molar-refractivity contribution in [1.29, 1.82) is 0 Å². The summed E-state index contributed by atoms with van der Waals surface area (Å²) < 4.78 is 38.6. The Labute approximate surface area is 322 Å². The highest BCUT2D eigenvalue weighted by Crippen LogP contribution is 2.43. The molecule has 0 aliphatic heterocycles. The van der Waals surface area contributed by atoms with E-state index in [2.05, 4.69) is 38.8 Å². The van der Waals surface area contributed by atoms with E-state index in [1.807, 2.05) is 0 Å². The molecule has 2 atom stereocenters. The molecule has 0 bridgehead atoms. The van der Waals surface area contributed by atoms with Crippen LogP contribution in [0, 0.1) is 0 Å². The number of esters is 3. The fraction of sp³-hybridized carbons (Fsp3) is 0.897. The first kappa shape index (κ1) is 51.2. The fourth-order valence-electron chi connectivity index (χ4n) is 5.37. The summed E-state index contributed by atoms with van der Waals surface area (Å²) in [6.07, 6.45) is 22.3. The van der Waals surface area contributed by atoms with Crippen molar-refractivity contribution in [2.75, 3.05) is 32.6 Å². The molecule has 12 nitrogen and oxygen atoms in total. The first-order valence-electron chi connectivity index (χ1n) is 20.7. The smallest absolute Gasteiger partial charge is 0.469 e. The van der Waals surface area contributed by atoms with E-state index in [-0.39, 0.29) is 45.4 Å². The number of carbonyl (C=O) groups excluding carboxylic acids is 4. The van der Waals surface area contributed by atoms with E-state index in [9.17, 15) is 28.6 Å². The maximum Gasteiger partial charge on any atom is 0.472 e. The van der Waals surface area contributed by atoms with Crippen LogP contribution in [0.1, 0.15) is 168 Å². The number of ether oxygens (including phenoxy) is 3. The number of hydrogen-bond donors (Lipinski definition) is 2. The highest BCUT2D eigenvalue weighted by Gasteiger charge is 2.26. The van der Waals surface area contributed by atoms with Gasteiger partial charge in [0.1, 0.15) is 6.61 Å². The number of phosphoric ester groups is 1. The number of nitrogens with one attached hydrogen (secondary N) is 1. The molecule has 0 heterocycles. The predicted molar refractivity (Wildman–Crippen MR) is 212 cm³/mol. The van der Waals surface area contributed by atoms with Crippen molar-refractivity contribution in [3.05, 3.63) is 0 Å². The van der Waals surface area contributed by atoms with Gasteiger partial charge in [-0.1, -0.05) is 149 Å². The van der Waals surface area contributed by atoms with Crippen LogP contribution in [0.3, 0.4) is 0 Å². The number of rotatable bonds is 37. The molecular formula is C39H76NO11PSi. The molecule has 0 aromatic rings. The Morgan fingerprint density at radius 1 is 0.585 bits per heavy atom. The van der Waals surface area contributed by atoms with Gasteiger partial charge in [0.05, 0.1) is 33.9 Å². The van der Waals surface area contributed by atoms with Gasteiger partial charge in [0.2, 0.25) is 5.91 Å². The maximum atomic E-state index is 12.6. The van der Waals surface area contributed by atoms with E-state index >= 15 is 0 Å². The summed E-state index contributed by atoms with van der Waals surface area (Å²) in [4.78, 5) is 59.2. The average molecular weight is 794 g/mol. The van der Waals surface area contributed by atoms with Crippen LogP contribution in [0.5, 0.6) is 0 Å². The highest BCUT2D eigenvalue weighted by molar-refractivity contribution is 7.47. The second kappa shape index (κ2) is 33.5. The largest absolute Gasteiger partial charge is 0.472 e. The van der Waals surface area contributed by atoms with Gasteiger partial charge in [-0.2, -0.15) is 0 Å². The van der Waals surface area contributed by atoms with Crippen LogP contribution < -0.4 is 5.32 Å². The lowest BCUT2D eigenvalue weighted by Crippen LogP contribution is -2.31. The van der Waals surface area contributed by atoms with Crippen LogP contribution in [-0.2, 0) is 47.0 Å². The zero-order chi connectivity index (χ0) is 39.6. The number of hydrogen-bond acceptors (Lipinski definition) is 10. The second-order valence-electron chi connectivity index (χ2n) is 15.3. The number of unbranched alkanes of at least 4 members (excludes halogenated alkanes) is 18. The van der Waals surface area contributed by atoms with Crippen LogP contribution in [0.2, 0.25) is 19.6 Å². The van der Waals surface area contributed by atoms with Gasteiger partial charge in [0, 0.05) is 25.8 Å². The van der Waals surface area contributed by atoms with E-state index < -0.39 is 52.4 Å². The molecule has 0 saturated carbocycles. The monoisotopic (exact) mass is 793 g/mol. The molecule has 0 radical (unpaired) electrons. The molecule has 0 aromatic carbocycles. The maximum absolute atomic E-state index is 12.6. The standard InChI is InChI=1S/C39H76NO11PSi/c1-6-8-10-12-14-16-18-20-22-24-26-37(42)47-32-35(51-39(44)27-25-23-21-19-17-15-13-11-9-7-2)33-50-52(45,46)49-31-30-40-36(41)28-29-38(43)48-34-53(3,4)5/h35H,6-34H2,1-5H3,(H,40,41)(H,45,46). The van der Waals surface area contributed by atoms with Crippen LogP contribution >= 0.6 is 7.82 Å². The Kier molecular flexibility index (Phi) is 32.4. The lowest BCUT2D eigenvalue weighted by atomic mass is 10.1. The number of phosphoric acid groups is 1. The van der Waals surface area contributed by atoms with Crippen LogP contribution in [0.25, 0.3) is 0 Å². The molecule has 0 saturated heterocycles. The third-order valence-electron chi connectivity index (χ3n) is 8.52. The van der Waals surface area contributed by atoms with E-state index in [1.165, 1.54) is 77.0 Å². The SMILES string of the molecule is CCCCCCCCCCCCC(=O)OCC(COP(=O)(O)OCCNC(=O)CCC(=O)OC[Si](C)(C)C)OC(=O)CCCCCCCCCCCC. The Morgan fingerprint density at radius 2 is 1.04 bits per heavy atom. The fourth-order valence-corrected chi connectivity index (χ4v) is 6.72. The molecular weight excluding hydrogens is 717 g/mol. The molecule has 312 valence electrons. The molecule has 2 unspecified atom stereocenters. The van der Waals surface area contributed by atoms with E-state index in [0.717, 1.165) is 38.5 Å². The lowest BCUT2D eigenvalue weighted by Gasteiger charge is -2.20. The van der Waals surface area contributed by atoms with Gasteiger partial charge in [0.15, 0.2) is 6.10 Å². The van der Waals surface area contributed by atoms with Gasteiger partial charge in [-0.15, -0.1) is 0 Å². The Balaban J connectivity index is 4.64. The van der Waals surface area contributed by atoms with E-state index in [4.69, 9.17) is 23.3 Å². The highest BCUT2D eigenvalue weighted by atomic mass is 31.2. The molecule has 0 aliphatic rings. The van der Waals surface area contributed by atoms with Gasteiger partial charge < -0.3 is 24.4 Å². The molecule has 1 amide bonds. The zero-order valence-electron chi connectivity index (χ0n) is 34.1. The first-order valence-corrected chi connectivity index (χ1v) is 25.9. The Hall–Kier alpha value is -1.79. The van der Waals surface area contributed by atoms with Crippen molar-refractivity contribution in [3.8, 4) is 0 Å². The van der Waals surface area contributed by atoms with Crippen molar-refractivity contribution < 1.29 is 51.9 Å². The number of amides is 1. The number of carbonyl (C=O) groups is 4. The van der Waals surface area contributed by atoms with Crippen LogP contribution in [0.4, 0.5) is 0 Å². The Morgan fingerprint density at radius 3 is 1.53 bits per heavy atom. The average Bonchev–Trinajstić information content (AvgIpc) is 3.10. The van der Waals surface area contributed by atoms with Gasteiger partial charge in [0.25, 0.3) is 0 Å².